The van der Waals surface area contributed by atoms with E-state index in [0.717, 1.165) is 11.3 Å². The number of nitrogens with two attached hydrogens (primary N) is 1. The number of sulfone groups is 1. The van der Waals surface area contributed by atoms with E-state index >= 15 is 0 Å². The normalized spacial score (nSPS) is 12.1. The first-order valence-electron chi connectivity index (χ1n) is 9.21. The van der Waals surface area contributed by atoms with Crippen LogP contribution in [0.4, 0.5) is 18.9 Å². The van der Waals surface area contributed by atoms with Crippen LogP contribution < -0.4 is 5.73 Å². The predicted molar refractivity (Wildman–Crippen MR) is 125 cm³/mol. The molecule has 0 saturated carbocycles. The summed E-state index contributed by atoms with van der Waals surface area (Å²) in [4.78, 5) is 14.9. The summed E-state index contributed by atoms with van der Waals surface area (Å²) in [7, 11) is -3.93. The van der Waals surface area contributed by atoms with Crippen molar-refractivity contribution >= 4 is 56.8 Å². The van der Waals surface area contributed by atoms with Crippen LogP contribution in [0.2, 0.25) is 0 Å². The van der Waals surface area contributed by atoms with Crippen LogP contribution in [0.15, 0.2) is 73.6 Å². The van der Waals surface area contributed by atoms with E-state index in [0.29, 0.717) is 26.6 Å². The minimum Gasteiger partial charge on any atom is -0.408 e. The molecule has 0 aliphatic rings. The average Bonchev–Trinajstić information content (AvgIpc) is 3.25. The molecule has 7 nitrogen and oxygen atoms in total. The van der Waals surface area contributed by atoms with Gasteiger partial charge in [0.25, 0.3) is 0 Å². The maximum Gasteiger partial charge on any atom is 0.491 e. The number of amidine groups is 1. The number of rotatable bonds is 7. The third kappa shape index (κ3) is 5.66. The molecule has 0 unspecified atom stereocenters. The molecule has 0 saturated heterocycles. The van der Waals surface area contributed by atoms with Gasteiger partial charge in [0, 0.05) is 0 Å². The highest BCUT2D eigenvalue weighted by atomic mass is 32.2. The monoisotopic (exact) mass is 527 g/mol. The topological polar surface area (TPSA) is 123 Å². The molecule has 178 valence electrons. The number of benzene rings is 2. The van der Waals surface area contributed by atoms with Crippen LogP contribution in [0.5, 0.6) is 0 Å². The second-order valence-corrected chi connectivity index (χ2v) is 10.6. The zero-order valence-electron chi connectivity index (χ0n) is 17.3. The molecule has 0 atom stereocenters. The van der Waals surface area contributed by atoms with Crippen molar-refractivity contribution in [2.24, 2.45) is 10.7 Å². The smallest absolute Gasteiger partial charge is 0.408 e. The molecule has 0 fully saturated rings. The Balaban J connectivity index is 1.93. The molecule has 0 aliphatic carbocycles. The van der Waals surface area contributed by atoms with Crippen molar-refractivity contribution in [3.8, 4) is 11.1 Å². The number of aliphatic imine (C=N–C) groups is 1. The Morgan fingerprint density at radius 1 is 1.15 bits per heavy atom. The van der Waals surface area contributed by atoms with Gasteiger partial charge >= 0.3 is 12.1 Å². The Morgan fingerprint density at radius 2 is 1.79 bits per heavy atom. The van der Waals surface area contributed by atoms with Crippen LogP contribution in [-0.4, -0.2) is 39.1 Å². The van der Waals surface area contributed by atoms with Crippen molar-refractivity contribution < 1.29 is 31.1 Å². The molecule has 0 amide bonds. The van der Waals surface area contributed by atoms with E-state index in [9.17, 15) is 26.4 Å². The first-order valence-corrected chi connectivity index (χ1v) is 12.7. The van der Waals surface area contributed by atoms with Crippen LogP contribution in [0.3, 0.4) is 0 Å². The molecule has 34 heavy (non-hydrogen) atoms. The SMILES string of the molecule is CSc1sc(C(=N)N)cc1S(=O)(=O)c1cccc(-c2cccc(N=COC(=O)C(F)(F)F)c2)c1. The van der Waals surface area contributed by atoms with Crippen molar-refractivity contribution in [1.82, 2.24) is 0 Å². The van der Waals surface area contributed by atoms with Gasteiger partial charge in [-0.1, -0.05) is 24.3 Å². The van der Waals surface area contributed by atoms with E-state index in [1.54, 1.807) is 30.5 Å². The lowest BCUT2D eigenvalue weighted by atomic mass is 10.1. The Labute approximate surface area is 200 Å². The van der Waals surface area contributed by atoms with E-state index in [1.807, 2.05) is 0 Å². The maximum atomic E-state index is 13.3. The van der Waals surface area contributed by atoms with Crippen molar-refractivity contribution in [2.45, 2.75) is 20.2 Å². The lowest BCUT2D eigenvalue weighted by molar-refractivity contribution is -0.190. The standard InChI is InChI=1S/C21H16F3N3O4S3/c1-32-19-17(10-16(33-19)18(25)26)34(29,30)15-7-3-5-13(9-15)12-4-2-6-14(8-12)27-11-31-20(28)21(22,23)24/h2-11H,1H3,(H3,25,26). The Kier molecular flexibility index (Phi) is 7.48. The summed E-state index contributed by atoms with van der Waals surface area (Å²) >= 11 is 2.35. The highest BCUT2D eigenvalue weighted by Crippen LogP contribution is 2.37. The fraction of sp³-hybridized carbons (Fsp3) is 0.0952. The zero-order chi connectivity index (χ0) is 25.1. The summed E-state index contributed by atoms with van der Waals surface area (Å²) in [6.45, 7) is 0. The highest BCUT2D eigenvalue weighted by Gasteiger charge is 2.40. The summed E-state index contributed by atoms with van der Waals surface area (Å²) < 4.78 is 67.7. The third-order valence-electron chi connectivity index (χ3n) is 4.32. The zero-order valence-corrected chi connectivity index (χ0v) is 19.7. The molecular formula is C21H16F3N3O4S3. The Bertz CT molecular complexity index is 1380. The molecule has 2 aromatic carbocycles. The molecule has 0 aliphatic heterocycles. The molecule has 3 aromatic rings. The Morgan fingerprint density at radius 3 is 2.41 bits per heavy atom. The van der Waals surface area contributed by atoms with Crippen molar-refractivity contribution in [3.63, 3.8) is 0 Å². The maximum absolute atomic E-state index is 13.3. The Hall–Kier alpha value is -3.16. The van der Waals surface area contributed by atoms with Gasteiger partial charge in [0.2, 0.25) is 9.84 Å². The minimum atomic E-state index is -5.14. The largest absolute Gasteiger partial charge is 0.491 e. The number of thioether (sulfide) groups is 1. The molecule has 1 aromatic heterocycles. The number of halogens is 3. The number of carbonyl (C=O) groups is 1. The molecule has 13 heteroatoms. The second kappa shape index (κ2) is 9.99. The molecule has 3 N–H and O–H groups in total. The van der Waals surface area contributed by atoms with Gasteiger partial charge in [0.15, 0.2) is 6.40 Å². The average molecular weight is 528 g/mol. The second-order valence-electron chi connectivity index (χ2n) is 6.60. The van der Waals surface area contributed by atoms with E-state index in [2.05, 4.69) is 9.73 Å². The third-order valence-corrected chi connectivity index (χ3v) is 8.66. The van der Waals surface area contributed by atoms with Gasteiger partial charge in [0.1, 0.15) is 5.84 Å². The van der Waals surface area contributed by atoms with Crippen LogP contribution >= 0.6 is 23.1 Å². The first-order chi connectivity index (χ1) is 15.9. The number of hydrogen-bond donors (Lipinski definition) is 2. The van der Waals surface area contributed by atoms with Crippen LogP contribution in [0.25, 0.3) is 11.1 Å². The van der Waals surface area contributed by atoms with Crippen LogP contribution in [-0.2, 0) is 19.4 Å². The van der Waals surface area contributed by atoms with E-state index in [1.165, 1.54) is 42.1 Å². The fourth-order valence-corrected chi connectivity index (χ4v) is 6.66. The first kappa shape index (κ1) is 25.5. The minimum absolute atomic E-state index is 0.0150. The van der Waals surface area contributed by atoms with Gasteiger partial charge in [0.05, 0.1) is 24.6 Å². The number of carbonyl (C=O) groups excluding carboxylic acids is 1. The molecule has 0 radical (unpaired) electrons. The quantitative estimate of drug-likeness (QED) is 0.193. The predicted octanol–water partition coefficient (Wildman–Crippen LogP) is 5.02. The summed E-state index contributed by atoms with van der Waals surface area (Å²) in [5.74, 6) is -2.62. The number of nitrogens with one attached hydrogen (secondary N) is 1. The number of alkyl halides is 3. The number of nitrogens with zero attached hydrogens (tertiary/aromatic N) is 1. The lowest BCUT2D eigenvalue weighted by Crippen LogP contribution is -2.24. The summed E-state index contributed by atoms with van der Waals surface area (Å²) in [5, 5.41) is 7.59. The van der Waals surface area contributed by atoms with Crippen molar-refractivity contribution in [3.05, 3.63) is 59.5 Å². The van der Waals surface area contributed by atoms with Gasteiger partial charge in [-0.15, -0.1) is 23.1 Å². The van der Waals surface area contributed by atoms with Crippen LogP contribution in [0, 0.1) is 5.41 Å². The van der Waals surface area contributed by atoms with Crippen molar-refractivity contribution in [2.75, 3.05) is 6.26 Å². The number of thiophene rings is 1. The number of hydrogen-bond acceptors (Lipinski definition) is 8. The van der Waals surface area contributed by atoms with Gasteiger partial charge in [-0.05, 0) is 47.7 Å². The van der Waals surface area contributed by atoms with E-state index in [-0.39, 0.29) is 21.3 Å². The molecule has 0 spiro atoms. The molecule has 0 bridgehead atoms. The number of nitrogen functional groups attached to an aromatic ring is 1. The molecular weight excluding hydrogens is 511 g/mol. The summed E-state index contributed by atoms with van der Waals surface area (Å²) in [6, 6.07) is 13.7. The fourth-order valence-electron chi connectivity index (χ4n) is 2.76. The van der Waals surface area contributed by atoms with Gasteiger partial charge in [-0.2, -0.15) is 13.2 Å². The molecule has 3 rings (SSSR count). The molecule has 1 heterocycles. The van der Waals surface area contributed by atoms with Gasteiger partial charge in [-0.25, -0.2) is 18.2 Å². The summed E-state index contributed by atoms with van der Waals surface area (Å²) in [5.41, 5.74) is 6.75. The number of ether oxygens (including phenoxy) is 1. The van der Waals surface area contributed by atoms with Gasteiger partial charge < -0.3 is 10.5 Å². The lowest BCUT2D eigenvalue weighted by Gasteiger charge is -2.08. The van der Waals surface area contributed by atoms with Crippen molar-refractivity contribution in [1.29, 1.82) is 5.41 Å². The summed E-state index contributed by atoms with van der Waals surface area (Å²) in [6.07, 6.45) is -3.02. The highest BCUT2D eigenvalue weighted by molar-refractivity contribution is 8.01. The van der Waals surface area contributed by atoms with E-state index in [4.69, 9.17) is 11.1 Å². The van der Waals surface area contributed by atoms with Crippen LogP contribution in [0.1, 0.15) is 4.88 Å². The van der Waals surface area contributed by atoms with Gasteiger partial charge in [-0.3, -0.25) is 5.41 Å². The van der Waals surface area contributed by atoms with E-state index < -0.39 is 22.0 Å². The number of esters is 1.